The van der Waals surface area contributed by atoms with Gasteiger partial charge in [0.1, 0.15) is 6.10 Å². The highest BCUT2D eigenvalue weighted by Gasteiger charge is 2.30. The van der Waals surface area contributed by atoms with Gasteiger partial charge in [-0.15, -0.1) is 0 Å². The van der Waals surface area contributed by atoms with Gasteiger partial charge < -0.3 is 29.7 Å². The van der Waals surface area contributed by atoms with E-state index in [9.17, 15) is 9.90 Å². The van der Waals surface area contributed by atoms with Crippen LogP contribution >= 0.6 is 0 Å². The first-order valence-corrected chi connectivity index (χ1v) is 14.3. The number of benzene rings is 2. The Hall–Kier alpha value is -4.28. The van der Waals surface area contributed by atoms with Gasteiger partial charge >= 0.3 is 0 Å². The third-order valence-electron chi connectivity index (χ3n) is 8.14. The van der Waals surface area contributed by atoms with E-state index in [0.717, 1.165) is 66.9 Å². The normalized spacial score (nSPS) is 15.5. The molecule has 2 heterocycles. The number of piperazine rings is 1. The van der Waals surface area contributed by atoms with Gasteiger partial charge in [-0.3, -0.25) is 9.78 Å². The molecule has 1 aromatic heterocycles. The van der Waals surface area contributed by atoms with E-state index in [0.29, 0.717) is 17.7 Å². The van der Waals surface area contributed by atoms with Crippen molar-refractivity contribution in [3.63, 3.8) is 0 Å². The molecular formula is C33H36F2N4O4. The Bertz CT molecular complexity index is 1540. The number of hydrogen-bond donors (Lipinski definition) is 2. The second-order valence-corrected chi connectivity index (χ2v) is 10.6. The molecule has 1 unspecified atom stereocenters. The van der Waals surface area contributed by atoms with E-state index in [2.05, 4.69) is 39.7 Å². The summed E-state index contributed by atoms with van der Waals surface area (Å²) in [6.45, 7) is 10.6. The zero-order valence-electron chi connectivity index (χ0n) is 24.6. The molecule has 1 atom stereocenters. The molecule has 2 aromatic carbocycles. The maximum absolute atomic E-state index is 15.1. The number of carbonyl (C=O) groups excluding carboxylic acids is 1. The largest absolute Gasteiger partial charge is 0.494 e. The number of aromatic nitrogens is 1. The van der Waals surface area contributed by atoms with Crippen molar-refractivity contribution in [2.75, 3.05) is 57.2 Å². The second kappa shape index (κ2) is 12.9. The first-order valence-electron chi connectivity index (χ1n) is 14.3. The Morgan fingerprint density at radius 1 is 1.12 bits per heavy atom. The molecule has 0 saturated carbocycles. The number of nitrogens with zero attached hydrogens (tertiary/aromatic N) is 3. The number of anilines is 2. The molecule has 1 saturated heterocycles. The number of aliphatic hydroxyl groups is 1. The molecule has 0 radical (unpaired) electrons. The summed E-state index contributed by atoms with van der Waals surface area (Å²) < 4.78 is 40.2. The lowest BCUT2D eigenvalue weighted by molar-refractivity contribution is -0.111. The number of ether oxygens (including phenoxy) is 2. The molecular weight excluding hydrogens is 554 g/mol. The molecule has 5 rings (SSSR count). The minimum atomic E-state index is -1.55. The average Bonchev–Trinajstić information content (AvgIpc) is 3.45. The van der Waals surface area contributed by atoms with Crippen molar-refractivity contribution >= 4 is 23.4 Å². The van der Waals surface area contributed by atoms with E-state index in [-0.39, 0.29) is 23.8 Å². The molecule has 43 heavy (non-hydrogen) atoms. The fraction of sp³-hybridized carbons (Fsp3) is 0.333. The van der Waals surface area contributed by atoms with Gasteiger partial charge in [-0.25, -0.2) is 8.78 Å². The highest BCUT2D eigenvalue weighted by Crippen LogP contribution is 2.40. The summed E-state index contributed by atoms with van der Waals surface area (Å²) in [6.07, 6.45) is 3.85. The Balaban J connectivity index is 1.40. The second-order valence-electron chi connectivity index (χ2n) is 10.6. The molecule has 1 aliphatic carbocycles. The Morgan fingerprint density at radius 3 is 2.44 bits per heavy atom. The number of amides is 1. The van der Waals surface area contributed by atoms with Crippen molar-refractivity contribution in [3.05, 3.63) is 94.3 Å². The number of halogens is 2. The molecule has 3 aromatic rings. The van der Waals surface area contributed by atoms with E-state index < -0.39 is 23.3 Å². The third kappa shape index (κ3) is 6.25. The molecule has 1 amide bonds. The smallest absolute Gasteiger partial charge is 0.247 e. The van der Waals surface area contributed by atoms with Crippen LogP contribution in [-0.4, -0.2) is 67.8 Å². The van der Waals surface area contributed by atoms with Gasteiger partial charge in [0.05, 0.1) is 19.8 Å². The first kappa shape index (κ1) is 30.2. The lowest BCUT2D eigenvalue weighted by Crippen LogP contribution is -2.46. The maximum Gasteiger partial charge on any atom is 0.247 e. The van der Waals surface area contributed by atoms with Crippen molar-refractivity contribution in [1.29, 1.82) is 0 Å². The van der Waals surface area contributed by atoms with E-state index in [1.54, 1.807) is 12.3 Å². The van der Waals surface area contributed by atoms with Gasteiger partial charge in [-0.1, -0.05) is 25.6 Å². The molecule has 8 nitrogen and oxygen atoms in total. The molecule has 0 bridgehead atoms. The predicted octanol–water partition coefficient (Wildman–Crippen LogP) is 4.91. The molecule has 226 valence electrons. The van der Waals surface area contributed by atoms with Crippen molar-refractivity contribution in [2.24, 2.45) is 0 Å². The van der Waals surface area contributed by atoms with Crippen molar-refractivity contribution in [1.82, 2.24) is 9.88 Å². The standard InChI is InChI=1S/C33H36F2N4O4/c1-5-29(40)37-26-17-25(39-11-9-38(6-2)10-12-39)8-7-20(26)15-24-16-21-13-22(14-23(21)19-36-24)33(41)30-31(34)27(42-3)18-28(43-4)32(30)35/h5,7-8,13,16-19,33,41H,1,6,9-12,14-15H2,2-4H3,(H,37,40). The summed E-state index contributed by atoms with van der Waals surface area (Å²) in [5, 5.41) is 14.0. The number of pyridine rings is 1. The van der Waals surface area contributed by atoms with Crippen LogP contribution in [0.15, 0.2) is 54.8 Å². The average molecular weight is 591 g/mol. The minimum Gasteiger partial charge on any atom is -0.494 e. The van der Waals surface area contributed by atoms with Crippen LogP contribution in [0.5, 0.6) is 11.5 Å². The fourth-order valence-electron chi connectivity index (χ4n) is 5.63. The maximum atomic E-state index is 15.1. The quantitative estimate of drug-likeness (QED) is 0.325. The van der Waals surface area contributed by atoms with Crippen LogP contribution in [0.1, 0.15) is 41.0 Å². The molecule has 0 spiro atoms. The summed E-state index contributed by atoms with van der Waals surface area (Å²) in [5.74, 6) is -2.70. The van der Waals surface area contributed by atoms with Crippen LogP contribution in [0.2, 0.25) is 0 Å². The van der Waals surface area contributed by atoms with E-state index in [1.165, 1.54) is 20.3 Å². The summed E-state index contributed by atoms with van der Waals surface area (Å²) in [7, 11) is 2.53. The monoisotopic (exact) mass is 590 g/mol. The molecule has 2 aliphatic rings. The fourth-order valence-corrected chi connectivity index (χ4v) is 5.63. The van der Waals surface area contributed by atoms with Crippen LogP contribution in [0.3, 0.4) is 0 Å². The molecule has 1 aliphatic heterocycles. The van der Waals surface area contributed by atoms with E-state index in [1.807, 2.05) is 18.2 Å². The number of fused-ring (bicyclic) bond motifs is 1. The zero-order chi connectivity index (χ0) is 30.7. The van der Waals surface area contributed by atoms with E-state index >= 15 is 8.78 Å². The lowest BCUT2D eigenvalue weighted by Gasteiger charge is -2.35. The van der Waals surface area contributed by atoms with Crippen LogP contribution in [0.25, 0.3) is 6.08 Å². The predicted molar refractivity (Wildman–Crippen MR) is 163 cm³/mol. The van der Waals surface area contributed by atoms with Crippen molar-refractivity contribution < 1.29 is 28.2 Å². The van der Waals surface area contributed by atoms with Gasteiger partial charge in [0.15, 0.2) is 23.1 Å². The van der Waals surface area contributed by atoms with Gasteiger partial charge in [0.25, 0.3) is 0 Å². The van der Waals surface area contributed by atoms with Crippen LogP contribution < -0.4 is 19.7 Å². The van der Waals surface area contributed by atoms with Crippen LogP contribution in [0.4, 0.5) is 20.2 Å². The summed E-state index contributed by atoms with van der Waals surface area (Å²) in [5.41, 5.74) is 4.88. The first-order chi connectivity index (χ1) is 20.8. The minimum absolute atomic E-state index is 0.221. The van der Waals surface area contributed by atoms with Gasteiger partial charge in [0.2, 0.25) is 5.91 Å². The number of aliphatic hydroxyl groups excluding tert-OH is 1. The molecule has 2 N–H and O–H groups in total. The topological polar surface area (TPSA) is 87.2 Å². The van der Waals surface area contributed by atoms with Gasteiger partial charge in [0, 0.05) is 61.9 Å². The Kier molecular flexibility index (Phi) is 9.08. The Labute approximate surface area is 250 Å². The number of hydrogen-bond acceptors (Lipinski definition) is 7. The molecule has 10 heteroatoms. The number of likely N-dealkylation sites (N-methyl/N-ethyl adjacent to an activating group) is 1. The number of carbonyl (C=O) groups is 1. The number of rotatable bonds is 10. The Morgan fingerprint density at radius 2 is 1.81 bits per heavy atom. The van der Waals surface area contributed by atoms with Gasteiger partial charge in [-0.05, 0) is 59.5 Å². The third-order valence-corrected chi connectivity index (χ3v) is 8.14. The van der Waals surface area contributed by atoms with Gasteiger partial charge in [-0.2, -0.15) is 0 Å². The summed E-state index contributed by atoms with van der Waals surface area (Å²) in [6, 6.07) is 9.06. The highest BCUT2D eigenvalue weighted by atomic mass is 19.1. The van der Waals surface area contributed by atoms with E-state index in [4.69, 9.17) is 9.47 Å². The summed E-state index contributed by atoms with van der Waals surface area (Å²) in [4.78, 5) is 21.6. The number of nitrogens with one attached hydrogen (secondary N) is 1. The van der Waals surface area contributed by atoms with Crippen molar-refractivity contribution in [3.8, 4) is 11.5 Å². The zero-order valence-corrected chi connectivity index (χ0v) is 24.6. The number of methoxy groups -OCH3 is 2. The van der Waals surface area contributed by atoms with Crippen LogP contribution in [0, 0.1) is 11.6 Å². The summed E-state index contributed by atoms with van der Waals surface area (Å²) >= 11 is 0. The lowest BCUT2D eigenvalue weighted by atomic mass is 9.98. The highest BCUT2D eigenvalue weighted by molar-refractivity contribution is 5.99. The molecule has 1 fully saturated rings. The van der Waals surface area contributed by atoms with Crippen LogP contribution in [-0.2, 0) is 17.6 Å². The van der Waals surface area contributed by atoms with Crippen molar-refractivity contribution in [2.45, 2.75) is 25.9 Å². The SMILES string of the molecule is C=CC(=O)Nc1cc(N2CCN(CC)CC2)ccc1Cc1cc2c(cn1)CC(C(O)c1c(F)c(OC)cc(OC)c1F)=C2.